The Morgan fingerprint density at radius 2 is 2.09 bits per heavy atom. The first-order chi connectivity index (χ1) is 5.24. The van der Waals surface area contributed by atoms with E-state index in [1.807, 2.05) is 7.05 Å². The Morgan fingerprint density at radius 1 is 1.45 bits per heavy atom. The standard InChI is InChI=1S/C9H21NO/c1-4-5-9(10-3)6-8(2)7-11/h8-11H,4-7H2,1-3H3. The molecule has 2 atom stereocenters. The molecule has 0 rings (SSSR count). The van der Waals surface area contributed by atoms with Gasteiger partial charge in [-0.2, -0.15) is 0 Å². The second kappa shape index (κ2) is 6.62. The number of nitrogens with one attached hydrogen (secondary N) is 1. The van der Waals surface area contributed by atoms with Crippen LogP contribution in [-0.4, -0.2) is 24.8 Å². The van der Waals surface area contributed by atoms with Crippen molar-refractivity contribution in [3.63, 3.8) is 0 Å². The molecular formula is C9H21NO. The van der Waals surface area contributed by atoms with Gasteiger partial charge in [0, 0.05) is 12.6 Å². The summed E-state index contributed by atoms with van der Waals surface area (Å²) in [4.78, 5) is 0. The molecule has 0 aliphatic carbocycles. The summed E-state index contributed by atoms with van der Waals surface area (Å²) in [6.07, 6.45) is 3.51. The molecule has 0 heterocycles. The Morgan fingerprint density at radius 3 is 2.45 bits per heavy atom. The maximum atomic E-state index is 8.82. The molecule has 0 saturated carbocycles. The van der Waals surface area contributed by atoms with E-state index < -0.39 is 0 Å². The van der Waals surface area contributed by atoms with Gasteiger partial charge in [0.25, 0.3) is 0 Å². The first-order valence-electron chi connectivity index (χ1n) is 4.52. The van der Waals surface area contributed by atoms with Crippen LogP contribution in [0.2, 0.25) is 0 Å². The largest absolute Gasteiger partial charge is 0.396 e. The van der Waals surface area contributed by atoms with Crippen LogP contribution in [0.4, 0.5) is 0 Å². The fourth-order valence-electron chi connectivity index (χ4n) is 1.29. The van der Waals surface area contributed by atoms with Crippen LogP contribution in [0.15, 0.2) is 0 Å². The molecule has 0 aliphatic rings. The molecule has 0 radical (unpaired) electrons. The third-order valence-corrected chi connectivity index (χ3v) is 2.04. The van der Waals surface area contributed by atoms with Crippen LogP contribution >= 0.6 is 0 Å². The van der Waals surface area contributed by atoms with Gasteiger partial charge in [-0.3, -0.25) is 0 Å². The van der Waals surface area contributed by atoms with Crippen molar-refractivity contribution >= 4 is 0 Å². The van der Waals surface area contributed by atoms with Crippen LogP contribution in [0.1, 0.15) is 33.1 Å². The summed E-state index contributed by atoms with van der Waals surface area (Å²) in [5.41, 5.74) is 0. The lowest BCUT2D eigenvalue weighted by atomic mass is 9.99. The molecule has 2 N–H and O–H groups in total. The van der Waals surface area contributed by atoms with Gasteiger partial charge in [0.2, 0.25) is 0 Å². The highest BCUT2D eigenvalue weighted by Crippen LogP contribution is 2.08. The summed E-state index contributed by atoms with van der Waals surface area (Å²) in [6.45, 7) is 4.58. The lowest BCUT2D eigenvalue weighted by Gasteiger charge is -2.18. The van der Waals surface area contributed by atoms with Crippen molar-refractivity contribution in [3.05, 3.63) is 0 Å². The maximum absolute atomic E-state index is 8.82. The molecule has 0 amide bonds. The number of aliphatic hydroxyl groups is 1. The summed E-state index contributed by atoms with van der Waals surface area (Å²) < 4.78 is 0. The molecule has 0 aliphatic heterocycles. The SMILES string of the molecule is CCCC(CC(C)CO)NC. The topological polar surface area (TPSA) is 32.3 Å². The zero-order chi connectivity index (χ0) is 8.69. The second-order valence-electron chi connectivity index (χ2n) is 3.30. The summed E-state index contributed by atoms with van der Waals surface area (Å²) in [5, 5.41) is 12.1. The Hall–Kier alpha value is -0.0800. The minimum Gasteiger partial charge on any atom is -0.396 e. The molecule has 0 fully saturated rings. The number of hydrogen-bond donors (Lipinski definition) is 2. The predicted molar refractivity (Wildman–Crippen MR) is 48.6 cm³/mol. The number of rotatable bonds is 6. The Labute approximate surface area is 70.0 Å². The Kier molecular flexibility index (Phi) is 6.57. The molecule has 2 heteroatoms. The van der Waals surface area contributed by atoms with Gasteiger partial charge in [-0.1, -0.05) is 20.3 Å². The van der Waals surface area contributed by atoms with Gasteiger partial charge in [-0.05, 0) is 25.8 Å². The molecule has 0 saturated heterocycles. The Balaban J connectivity index is 3.49. The molecule has 0 aromatic carbocycles. The summed E-state index contributed by atoms with van der Waals surface area (Å²) in [6, 6.07) is 0.585. The van der Waals surface area contributed by atoms with Crippen LogP contribution < -0.4 is 5.32 Å². The van der Waals surface area contributed by atoms with Crippen molar-refractivity contribution in [2.75, 3.05) is 13.7 Å². The zero-order valence-corrected chi connectivity index (χ0v) is 7.93. The molecule has 0 aromatic rings. The second-order valence-corrected chi connectivity index (χ2v) is 3.30. The van der Waals surface area contributed by atoms with Gasteiger partial charge >= 0.3 is 0 Å². The van der Waals surface area contributed by atoms with Crippen LogP contribution in [0.5, 0.6) is 0 Å². The van der Waals surface area contributed by atoms with E-state index in [9.17, 15) is 0 Å². The van der Waals surface area contributed by atoms with E-state index in [0.29, 0.717) is 18.6 Å². The van der Waals surface area contributed by atoms with Crippen LogP contribution in [0.25, 0.3) is 0 Å². The predicted octanol–water partition coefficient (Wildman–Crippen LogP) is 1.39. The summed E-state index contributed by atoms with van der Waals surface area (Å²) in [7, 11) is 1.99. The van der Waals surface area contributed by atoms with E-state index in [1.54, 1.807) is 0 Å². The molecule has 0 spiro atoms. The first-order valence-corrected chi connectivity index (χ1v) is 4.52. The molecule has 2 unspecified atom stereocenters. The van der Waals surface area contributed by atoms with E-state index in [4.69, 9.17) is 5.11 Å². The third-order valence-electron chi connectivity index (χ3n) is 2.04. The normalized spacial score (nSPS) is 16.4. The van der Waals surface area contributed by atoms with Gasteiger partial charge in [0.15, 0.2) is 0 Å². The molecule has 11 heavy (non-hydrogen) atoms. The van der Waals surface area contributed by atoms with Gasteiger partial charge in [-0.15, -0.1) is 0 Å². The summed E-state index contributed by atoms with van der Waals surface area (Å²) in [5.74, 6) is 0.430. The van der Waals surface area contributed by atoms with Gasteiger partial charge < -0.3 is 10.4 Å². The third kappa shape index (κ3) is 5.22. The van der Waals surface area contributed by atoms with E-state index in [1.165, 1.54) is 12.8 Å². The monoisotopic (exact) mass is 159 g/mol. The average molecular weight is 159 g/mol. The highest BCUT2D eigenvalue weighted by Gasteiger charge is 2.08. The van der Waals surface area contributed by atoms with E-state index in [-0.39, 0.29) is 0 Å². The zero-order valence-electron chi connectivity index (χ0n) is 7.93. The number of hydrogen-bond acceptors (Lipinski definition) is 2. The lowest BCUT2D eigenvalue weighted by molar-refractivity contribution is 0.217. The number of aliphatic hydroxyl groups excluding tert-OH is 1. The lowest BCUT2D eigenvalue weighted by Crippen LogP contribution is -2.27. The van der Waals surface area contributed by atoms with E-state index in [2.05, 4.69) is 19.2 Å². The first kappa shape index (κ1) is 10.9. The van der Waals surface area contributed by atoms with Crippen molar-refractivity contribution in [1.29, 1.82) is 0 Å². The van der Waals surface area contributed by atoms with Crippen LogP contribution in [0.3, 0.4) is 0 Å². The molecule has 0 aromatic heterocycles. The van der Waals surface area contributed by atoms with Crippen molar-refractivity contribution < 1.29 is 5.11 Å². The molecule has 2 nitrogen and oxygen atoms in total. The summed E-state index contributed by atoms with van der Waals surface area (Å²) >= 11 is 0. The quantitative estimate of drug-likeness (QED) is 0.614. The van der Waals surface area contributed by atoms with Crippen LogP contribution in [0, 0.1) is 5.92 Å². The molecule has 0 bridgehead atoms. The smallest absolute Gasteiger partial charge is 0.0457 e. The highest BCUT2D eigenvalue weighted by molar-refractivity contribution is 4.66. The highest BCUT2D eigenvalue weighted by atomic mass is 16.3. The average Bonchev–Trinajstić information content (AvgIpc) is 2.03. The maximum Gasteiger partial charge on any atom is 0.0457 e. The van der Waals surface area contributed by atoms with Gasteiger partial charge in [-0.25, -0.2) is 0 Å². The Bertz CT molecular complexity index is 85.6. The van der Waals surface area contributed by atoms with Gasteiger partial charge in [0.1, 0.15) is 0 Å². The fourth-order valence-corrected chi connectivity index (χ4v) is 1.29. The van der Waals surface area contributed by atoms with E-state index >= 15 is 0 Å². The van der Waals surface area contributed by atoms with Crippen molar-refractivity contribution in [2.45, 2.75) is 39.2 Å². The van der Waals surface area contributed by atoms with Crippen LogP contribution in [-0.2, 0) is 0 Å². The van der Waals surface area contributed by atoms with Crippen molar-refractivity contribution in [2.24, 2.45) is 5.92 Å². The molecule has 68 valence electrons. The van der Waals surface area contributed by atoms with Crippen molar-refractivity contribution in [3.8, 4) is 0 Å². The van der Waals surface area contributed by atoms with Crippen molar-refractivity contribution in [1.82, 2.24) is 5.32 Å². The fraction of sp³-hybridized carbons (Fsp3) is 1.00. The molecular weight excluding hydrogens is 138 g/mol. The van der Waals surface area contributed by atoms with E-state index in [0.717, 1.165) is 6.42 Å². The minimum atomic E-state index is 0.307. The van der Waals surface area contributed by atoms with Gasteiger partial charge in [0.05, 0.1) is 0 Å². The minimum absolute atomic E-state index is 0.307.